The van der Waals surface area contributed by atoms with Crippen LogP contribution in [-0.2, 0) is 11.2 Å². The molecule has 0 saturated heterocycles. The number of carboxylic acid groups (broad SMARTS) is 1. The fourth-order valence-electron chi connectivity index (χ4n) is 1.40. The molecule has 0 aliphatic carbocycles. The van der Waals surface area contributed by atoms with E-state index in [2.05, 4.69) is 19.1 Å². The number of allylic oxidation sites excluding steroid dienone is 4. The first-order chi connectivity index (χ1) is 9.17. The summed E-state index contributed by atoms with van der Waals surface area (Å²) in [6.07, 6.45) is 9.22. The second-order valence-corrected chi connectivity index (χ2v) is 3.84. The molecular formula is C16H15NO2. The number of carboxylic acids is 1. The van der Waals surface area contributed by atoms with E-state index in [1.165, 1.54) is 17.7 Å². The molecular weight excluding hydrogens is 238 g/mol. The van der Waals surface area contributed by atoms with E-state index in [0.717, 1.165) is 12.0 Å². The highest BCUT2D eigenvalue weighted by molar-refractivity contribution is 5.91. The van der Waals surface area contributed by atoms with Crippen molar-refractivity contribution in [2.45, 2.75) is 13.3 Å². The van der Waals surface area contributed by atoms with E-state index in [1.54, 1.807) is 18.2 Å². The second-order valence-electron chi connectivity index (χ2n) is 3.84. The van der Waals surface area contributed by atoms with Gasteiger partial charge in [-0.25, -0.2) is 4.79 Å². The third-order valence-electron chi connectivity index (χ3n) is 2.51. The number of hydrogen-bond acceptors (Lipinski definition) is 2. The van der Waals surface area contributed by atoms with Crippen molar-refractivity contribution in [3.05, 3.63) is 65.3 Å². The van der Waals surface area contributed by atoms with Gasteiger partial charge in [0.25, 0.3) is 0 Å². The van der Waals surface area contributed by atoms with Crippen LogP contribution in [0, 0.1) is 11.3 Å². The maximum absolute atomic E-state index is 10.5. The standard InChI is InChI=1S/C16H15NO2/c1-2-13-8-10-14(11-9-13)6-4-3-5-7-15(12-17)16(18)19/h3-11H,2H2,1H3,(H,18,19). The van der Waals surface area contributed by atoms with Gasteiger partial charge in [-0.1, -0.05) is 55.5 Å². The maximum atomic E-state index is 10.5. The van der Waals surface area contributed by atoms with Crippen LogP contribution < -0.4 is 0 Å². The van der Waals surface area contributed by atoms with Crippen molar-refractivity contribution in [2.24, 2.45) is 0 Å². The summed E-state index contributed by atoms with van der Waals surface area (Å²) in [6, 6.07) is 9.80. The Kier molecular flexibility index (Phi) is 5.84. The van der Waals surface area contributed by atoms with Gasteiger partial charge in [0.1, 0.15) is 11.6 Å². The van der Waals surface area contributed by atoms with Crippen LogP contribution in [0.15, 0.2) is 54.1 Å². The Balaban J connectivity index is 2.63. The summed E-state index contributed by atoms with van der Waals surface area (Å²) in [4.78, 5) is 10.5. The van der Waals surface area contributed by atoms with Gasteiger partial charge in [0.2, 0.25) is 0 Å². The molecule has 0 aliphatic heterocycles. The molecule has 96 valence electrons. The van der Waals surface area contributed by atoms with Gasteiger partial charge in [-0.15, -0.1) is 0 Å². The summed E-state index contributed by atoms with van der Waals surface area (Å²) in [5.41, 5.74) is 2.08. The monoisotopic (exact) mass is 253 g/mol. The summed E-state index contributed by atoms with van der Waals surface area (Å²) < 4.78 is 0. The zero-order valence-electron chi connectivity index (χ0n) is 10.7. The van der Waals surface area contributed by atoms with Crippen molar-refractivity contribution in [3.8, 4) is 6.07 Å². The molecule has 0 heterocycles. The first kappa shape index (κ1) is 14.5. The fourth-order valence-corrected chi connectivity index (χ4v) is 1.40. The lowest BCUT2D eigenvalue weighted by atomic mass is 10.1. The molecule has 0 saturated carbocycles. The number of nitriles is 1. The second kappa shape index (κ2) is 7.67. The average Bonchev–Trinajstić information content (AvgIpc) is 2.43. The Bertz CT molecular complexity index is 557. The van der Waals surface area contributed by atoms with Gasteiger partial charge in [-0.3, -0.25) is 0 Å². The smallest absolute Gasteiger partial charge is 0.346 e. The minimum Gasteiger partial charge on any atom is -0.477 e. The van der Waals surface area contributed by atoms with E-state index in [0.29, 0.717) is 0 Å². The number of benzene rings is 1. The molecule has 0 radical (unpaired) electrons. The number of nitrogens with zero attached hydrogens (tertiary/aromatic N) is 1. The molecule has 0 atom stereocenters. The molecule has 0 bridgehead atoms. The Morgan fingerprint density at radius 3 is 2.47 bits per heavy atom. The number of carbonyl (C=O) groups is 1. The number of aliphatic carboxylic acids is 1. The minimum atomic E-state index is -1.22. The van der Waals surface area contributed by atoms with Gasteiger partial charge in [-0.2, -0.15) is 5.26 Å². The maximum Gasteiger partial charge on any atom is 0.346 e. The molecule has 0 fully saturated rings. The van der Waals surface area contributed by atoms with Crippen molar-refractivity contribution in [1.82, 2.24) is 0 Å². The largest absolute Gasteiger partial charge is 0.477 e. The molecule has 3 heteroatoms. The third-order valence-corrected chi connectivity index (χ3v) is 2.51. The van der Waals surface area contributed by atoms with Gasteiger partial charge in [-0.05, 0) is 23.6 Å². The molecule has 0 spiro atoms. The molecule has 0 aromatic heterocycles. The topological polar surface area (TPSA) is 61.1 Å². The highest BCUT2D eigenvalue weighted by atomic mass is 16.4. The predicted octanol–water partition coefficient (Wildman–Crippen LogP) is 3.35. The van der Waals surface area contributed by atoms with E-state index in [-0.39, 0.29) is 5.57 Å². The summed E-state index contributed by atoms with van der Waals surface area (Å²) in [5, 5.41) is 17.1. The van der Waals surface area contributed by atoms with Crippen LogP contribution in [0.3, 0.4) is 0 Å². The van der Waals surface area contributed by atoms with Gasteiger partial charge in [0.05, 0.1) is 0 Å². The number of aryl methyl sites for hydroxylation is 1. The van der Waals surface area contributed by atoms with Crippen LogP contribution in [0.1, 0.15) is 18.1 Å². The Morgan fingerprint density at radius 2 is 1.95 bits per heavy atom. The minimum absolute atomic E-state index is 0.281. The van der Waals surface area contributed by atoms with E-state index < -0.39 is 5.97 Å². The lowest BCUT2D eigenvalue weighted by Gasteiger charge is -1.96. The molecule has 1 rings (SSSR count). The third kappa shape index (κ3) is 5.05. The molecule has 1 aromatic rings. The van der Waals surface area contributed by atoms with Crippen LogP contribution in [0.25, 0.3) is 6.08 Å². The zero-order valence-corrected chi connectivity index (χ0v) is 10.7. The van der Waals surface area contributed by atoms with Gasteiger partial charge in [0, 0.05) is 0 Å². The lowest BCUT2D eigenvalue weighted by Crippen LogP contribution is -1.96. The summed E-state index contributed by atoms with van der Waals surface area (Å²) >= 11 is 0. The summed E-state index contributed by atoms with van der Waals surface area (Å²) in [7, 11) is 0. The van der Waals surface area contributed by atoms with Crippen molar-refractivity contribution < 1.29 is 9.90 Å². The molecule has 1 N–H and O–H groups in total. The van der Waals surface area contributed by atoms with Crippen LogP contribution in [0.2, 0.25) is 0 Å². The number of rotatable bonds is 5. The molecule has 3 nitrogen and oxygen atoms in total. The van der Waals surface area contributed by atoms with E-state index in [9.17, 15) is 4.79 Å². The van der Waals surface area contributed by atoms with Gasteiger partial charge < -0.3 is 5.11 Å². The van der Waals surface area contributed by atoms with Crippen molar-refractivity contribution >= 4 is 12.0 Å². The number of hydrogen-bond donors (Lipinski definition) is 1. The van der Waals surface area contributed by atoms with Crippen molar-refractivity contribution in [2.75, 3.05) is 0 Å². The normalized spacial score (nSPS) is 11.9. The zero-order chi connectivity index (χ0) is 14.1. The Labute approximate surface area is 112 Å². The van der Waals surface area contributed by atoms with E-state index in [1.807, 2.05) is 18.2 Å². The molecule has 19 heavy (non-hydrogen) atoms. The summed E-state index contributed by atoms with van der Waals surface area (Å²) in [5.74, 6) is -1.22. The Hall–Kier alpha value is -2.60. The van der Waals surface area contributed by atoms with E-state index >= 15 is 0 Å². The van der Waals surface area contributed by atoms with Gasteiger partial charge in [0.15, 0.2) is 0 Å². The lowest BCUT2D eigenvalue weighted by molar-refractivity contribution is -0.132. The predicted molar refractivity (Wildman–Crippen MR) is 75.3 cm³/mol. The van der Waals surface area contributed by atoms with E-state index in [4.69, 9.17) is 10.4 Å². The van der Waals surface area contributed by atoms with Gasteiger partial charge >= 0.3 is 5.97 Å². The highest BCUT2D eigenvalue weighted by Gasteiger charge is 2.01. The van der Waals surface area contributed by atoms with Crippen LogP contribution in [0.5, 0.6) is 0 Å². The quantitative estimate of drug-likeness (QED) is 0.497. The Morgan fingerprint density at radius 1 is 1.26 bits per heavy atom. The van der Waals surface area contributed by atoms with Crippen molar-refractivity contribution in [3.63, 3.8) is 0 Å². The average molecular weight is 253 g/mol. The molecule has 0 amide bonds. The van der Waals surface area contributed by atoms with Crippen LogP contribution in [-0.4, -0.2) is 11.1 Å². The molecule has 0 unspecified atom stereocenters. The highest BCUT2D eigenvalue weighted by Crippen LogP contribution is 2.06. The first-order valence-corrected chi connectivity index (χ1v) is 5.94. The van der Waals surface area contributed by atoms with Crippen LogP contribution >= 0.6 is 0 Å². The van der Waals surface area contributed by atoms with Crippen LogP contribution in [0.4, 0.5) is 0 Å². The SMILES string of the molecule is CCc1ccc(C=CC=CC=C(C#N)C(=O)O)cc1. The van der Waals surface area contributed by atoms with Crippen molar-refractivity contribution in [1.29, 1.82) is 5.26 Å². The summed E-state index contributed by atoms with van der Waals surface area (Å²) in [6.45, 7) is 2.11. The first-order valence-electron chi connectivity index (χ1n) is 5.94. The molecule has 0 aliphatic rings. The fraction of sp³-hybridized carbons (Fsp3) is 0.125. The molecule has 1 aromatic carbocycles.